The summed E-state index contributed by atoms with van der Waals surface area (Å²) in [7, 11) is 0. The van der Waals surface area contributed by atoms with Crippen LogP contribution in [0.2, 0.25) is 0 Å². The van der Waals surface area contributed by atoms with Gasteiger partial charge in [0.15, 0.2) is 0 Å². The fourth-order valence-corrected chi connectivity index (χ4v) is 4.00. The van der Waals surface area contributed by atoms with Gasteiger partial charge in [0, 0.05) is 18.5 Å². The molecule has 2 N–H and O–H groups in total. The van der Waals surface area contributed by atoms with Gasteiger partial charge in [-0.2, -0.15) is 13.2 Å². The molecule has 2 amide bonds. The number of nitrogens with one attached hydrogen (secondary N) is 2. The van der Waals surface area contributed by atoms with Crippen molar-refractivity contribution in [3.8, 4) is 0 Å². The lowest BCUT2D eigenvalue weighted by molar-refractivity contribution is -0.123. The van der Waals surface area contributed by atoms with E-state index in [9.17, 15) is 27.6 Å². The number of carbonyl (C=O) groups excluding carboxylic acids is 2. The summed E-state index contributed by atoms with van der Waals surface area (Å²) < 4.78 is 39.1. The van der Waals surface area contributed by atoms with E-state index in [0.717, 1.165) is 25.7 Å². The van der Waals surface area contributed by atoms with E-state index in [0.29, 0.717) is 29.7 Å². The molecule has 0 atom stereocenters. The highest BCUT2D eigenvalue weighted by atomic mass is 19.4. The number of halogens is 3. The average Bonchev–Trinajstić information content (AvgIpc) is 2.78. The van der Waals surface area contributed by atoms with Crippen LogP contribution in [0.4, 0.5) is 18.9 Å². The fraction of sp³-hybridized carbons (Fsp3) is 0.333. The van der Waals surface area contributed by atoms with Crippen LogP contribution in [0.15, 0.2) is 47.3 Å². The van der Waals surface area contributed by atoms with Gasteiger partial charge in [-0.3, -0.25) is 19.0 Å². The predicted octanol–water partition coefficient (Wildman–Crippen LogP) is 4.06. The molecule has 4 rings (SSSR count). The minimum atomic E-state index is -4.55. The van der Waals surface area contributed by atoms with Crippen LogP contribution in [0.1, 0.15) is 52.2 Å². The van der Waals surface area contributed by atoms with Crippen molar-refractivity contribution in [2.24, 2.45) is 0 Å². The number of aromatic nitrogens is 2. The smallest absolute Gasteiger partial charge is 0.343 e. The first kappa shape index (κ1) is 23.5. The van der Waals surface area contributed by atoms with E-state index in [1.807, 2.05) is 0 Å². The summed E-state index contributed by atoms with van der Waals surface area (Å²) in [5.41, 5.74) is 0.444. The van der Waals surface area contributed by atoms with Crippen molar-refractivity contribution < 1.29 is 22.8 Å². The van der Waals surface area contributed by atoms with E-state index in [1.54, 1.807) is 22.0 Å². The van der Waals surface area contributed by atoms with E-state index in [-0.39, 0.29) is 22.4 Å². The van der Waals surface area contributed by atoms with Gasteiger partial charge in [-0.05, 0) is 43.2 Å². The van der Waals surface area contributed by atoms with E-state index in [2.05, 4.69) is 10.3 Å². The number of hydrogen-bond donors (Lipinski definition) is 2. The van der Waals surface area contributed by atoms with E-state index < -0.39 is 24.5 Å². The maximum Gasteiger partial charge on any atom is 0.405 e. The van der Waals surface area contributed by atoms with Crippen LogP contribution in [0.25, 0.3) is 10.9 Å². The van der Waals surface area contributed by atoms with E-state index in [1.165, 1.54) is 30.3 Å². The lowest BCUT2D eigenvalue weighted by Crippen LogP contribution is -2.34. The molecule has 1 aromatic heterocycles. The molecule has 1 aliphatic rings. The summed E-state index contributed by atoms with van der Waals surface area (Å²) in [5, 5.41) is 4.78. The topological polar surface area (TPSA) is 93.1 Å². The molecule has 0 bridgehead atoms. The summed E-state index contributed by atoms with van der Waals surface area (Å²) >= 11 is 0. The molecule has 0 saturated heterocycles. The molecule has 34 heavy (non-hydrogen) atoms. The standard InChI is InChI=1S/C24H23F3N4O3/c25-24(26,27)14-28-22(33)16-7-4-5-8-18(16)30-21(32)15-10-11-17-19(13-15)29-20-9-3-1-2-6-12-31(20)23(17)34/h4-5,7-8,10-11,13H,1-3,6,9,12,14H2,(H,28,33)(H,30,32). The third-order valence-electron chi connectivity index (χ3n) is 5.70. The Bertz CT molecular complexity index is 1300. The van der Waals surface area contributed by atoms with Crippen molar-refractivity contribution in [2.45, 2.75) is 44.8 Å². The Kier molecular flexibility index (Phi) is 6.67. The van der Waals surface area contributed by atoms with E-state index in [4.69, 9.17) is 0 Å². The Hall–Kier alpha value is -3.69. The second-order valence-electron chi connectivity index (χ2n) is 8.18. The highest BCUT2D eigenvalue weighted by Crippen LogP contribution is 2.20. The molecular weight excluding hydrogens is 449 g/mol. The summed E-state index contributed by atoms with van der Waals surface area (Å²) in [6, 6.07) is 10.3. The number of aryl methyl sites for hydroxylation is 1. The molecule has 0 unspecified atom stereocenters. The number of carbonyl (C=O) groups is 2. The molecule has 3 aromatic rings. The van der Waals surface area contributed by atoms with Crippen molar-refractivity contribution in [2.75, 3.05) is 11.9 Å². The SMILES string of the molecule is O=C(Nc1ccccc1C(=O)NCC(F)(F)F)c1ccc2c(=O)n3c(nc2c1)CCCCCC3. The van der Waals surface area contributed by atoms with Crippen molar-refractivity contribution >= 4 is 28.4 Å². The lowest BCUT2D eigenvalue weighted by Gasteiger charge is -2.16. The zero-order valence-electron chi connectivity index (χ0n) is 18.2. The first-order valence-corrected chi connectivity index (χ1v) is 11.0. The van der Waals surface area contributed by atoms with Gasteiger partial charge in [-0.15, -0.1) is 0 Å². The molecule has 0 radical (unpaired) electrons. The first-order valence-electron chi connectivity index (χ1n) is 11.0. The molecule has 0 spiro atoms. The van der Waals surface area contributed by atoms with Crippen molar-refractivity contribution in [1.82, 2.24) is 14.9 Å². The number of para-hydroxylation sites is 1. The molecule has 1 aliphatic heterocycles. The minimum absolute atomic E-state index is 0.0680. The third kappa shape index (κ3) is 5.27. The van der Waals surface area contributed by atoms with Gasteiger partial charge in [0.2, 0.25) is 0 Å². The number of alkyl halides is 3. The van der Waals surface area contributed by atoms with Gasteiger partial charge in [0.25, 0.3) is 17.4 Å². The van der Waals surface area contributed by atoms with Gasteiger partial charge in [0.1, 0.15) is 12.4 Å². The zero-order valence-corrected chi connectivity index (χ0v) is 18.2. The van der Waals surface area contributed by atoms with Crippen LogP contribution >= 0.6 is 0 Å². The molecule has 178 valence electrons. The summed E-state index contributed by atoms with van der Waals surface area (Å²) in [6.45, 7) is -0.864. The van der Waals surface area contributed by atoms with Gasteiger partial charge in [-0.25, -0.2) is 4.98 Å². The van der Waals surface area contributed by atoms with Crippen LogP contribution < -0.4 is 16.2 Å². The average molecular weight is 472 g/mol. The van der Waals surface area contributed by atoms with Gasteiger partial charge < -0.3 is 10.6 Å². The van der Waals surface area contributed by atoms with Gasteiger partial charge in [-0.1, -0.05) is 25.0 Å². The highest BCUT2D eigenvalue weighted by Gasteiger charge is 2.28. The monoisotopic (exact) mass is 472 g/mol. The van der Waals surface area contributed by atoms with Crippen LogP contribution in [-0.4, -0.2) is 34.1 Å². The summed E-state index contributed by atoms with van der Waals surface area (Å²) in [6.07, 6.45) is 0.122. The molecule has 0 fully saturated rings. The number of anilines is 1. The molecule has 7 nitrogen and oxygen atoms in total. The largest absolute Gasteiger partial charge is 0.405 e. The third-order valence-corrected chi connectivity index (χ3v) is 5.70. The van der Waals surface area contributed by atoms with Crippen LogP contribution in [0.5, 0.6) is 0 Å². The molecular formula is C24H23F3N4O3. The Morgan fingerprint density at radius 3 is 2.56 bits per heavy atom. The maximum atomic E-state index is 13.0. The molecule has 2 heterocycles. The summed E-state index contributed by atoms with van der Waals surface area (Å²) in [4.78, 5) is 42.7. The number of nitrogens with zero attached hydrogens (tertiary/aromatic N) is 2. The quantitative estimate of drug-likeness (QED) is 0.599. The molecule has 10 heteroatoms. The Labute approximate surface area is 193 Å². The predicted molar refractivity (Wildman–Crippen MR) is 121 cm³/mol. The zero-order chi connectivity index (χ0) is 24.3. The van der Waals surface area contributed by atoms with Gasteiger partial charge >= 0.3 is 6.18 Å². The first-order chi connectivity index (χ1) is 16.2. The highest BCUT2D eigenvalue weighted by molar-refractivity contribution is 6.10. The molecule has 2 aromatic carbocycles. The summed E-state index contributed by atoms with van der Waals surface area (Å²) in [5.74, 6) is -0.840. The van der Waals surface area contributed by atoms with Crippen LogP contribution in [0, 0.1) is 0 Å². The minimum Gasteiger partial charge on any atom is -0.343 e. The Balaban J connectivity index is 1.60. The van der Waals surface area contributed by atoms with Gasteiger partial charge in [0.05, 0.1) is 22.2 Å². The fourth-order valence-electron chi connectivity index (χ4n) is 4.00. The van der Waals surface area contributed by atoms with Crippen molar-refractivity contribution in [3.63, 3.8) is 0 Å². The van der Waals surface area contributed by atoms with E-state index >= 15 is 0 Å². The van der Waals surface area contributed by atoms with Crippen molar-refractivity contribution in [1.29, 1.82) is 0 Å². The Morgan fingerprint density at radius 2 is 1.76 bits per heavy atom. The number of rotatable bonds is 4. The Morgan fingerprint density at radius 1 is 1.00 bits per heavy atom. The number of amides is 2. The second kappa shape index (κ2) is 9.66. The second-order valence-corrected chi connectivity index (χ2v) is 8.18. The van der Waals surface area contributed by atoms with Crippen molar-refractivity contribution in [3.05, 3.63) is 69.8 Å². The maximum absolute atomic E-state index is 13.0. The van der Waals surface area contributed by atoms with Crippen LogP contribution in [-0.2, 0) is 13.0 Å². The number of benzene rings is 2. The number of hydrogen-bond acceptors (Lipinski definition) is 4. The van der Waals surface area contributed by atoms with Crippen LogP contribution in [0.3, 0.4) is 0 Å². The molecule has 0 saturated carbocycles. The molecule has 0 aliphatic carbocycles. The lowest BCUT2D eigenvalue weighted by atomic mass is 10.1. The normalized spacial score (nSPS) is 14.1. The number of fused-ring (bicyclic) bond motifs is 2.